The second-order valence-electron chi connectivity index (χ2n) is 4.24. The summed E-state index contributed by atoms with van der Waals surface area (Å²) in [6.07, 6.45) is 1.20. The maximum atomic E-state index is 11.7. The first-order chi connectivity index (χ1) is 10.0. The Morgan fingerprint density at radius 1 is 1.14 bits per heavy atom. The standard InChI is InChI=1S/C13H12N4O4/c18-11(6-9-4-2-1-3-5-9)14-12(19)8-17-7-10(13(20)21)15-16-17/h1-5,7H,6,8H2,(H,20,21)(H,14,18,19). The van der Waals surface area contributed by atoms with Gasteiger partial charge < -0.3 is 5.11 Å². The molecule has 2 N–H and O–H groups in total. The highest BCUT2D eigenvalue weighted by atomic mass is 16.4. The Kier molecular flexibility index (Phi) is 4.39. The van der Waals surface area contributed by atoms with Crippen molar-refractivity contribution in [2.45, 2.75) is 13.0 Å². The minimum absolute atomic E-state index is 0.0876. The number of hydrogen-bond acceptors (Lipinski definition) is 5. The SMILES string of the molecule is O=C(Cc1ccccc1)NC(=O)Cn1cc(C(=O)O)nn1. The van der Waals surface area contributed by atoms with Crippen LogP contribution in [-0.4, -0.2) is 37.9 Å². The highest BCUT2D eigenvalue weighted by molar-refractivity contribution is 5.96. The topological polar surface area (TPSA) is 114 Å². The summed E-state index contributed by atoms with van der Waals surface area (Å²) in [5.41, 5.74) is 0.523. The third-order valence-electron chi connectivity index (χ3n) is 2.55. The van der Waals surface area contributed by atoms with Crippen LogP contribution in [0.4, 0.5) is 0 Å². The highest BCUT2D eigenvalue weighted by Crippen LogP contribution is 1.99. The number of hydrogen-bond donors (Lipinski definition) is 2. The minimum atomic E-state index is -1.23. The van der Waals surface area contributed by atoms with E-state index in [0.717, 1.165) is 16.4 Å². The molecule has 2 aromatic rings. The summed E-state index contributed by atoms with van der Waals surface area (Å²) in [6.45, 7) is -0.277. The fourth-order valence-electron chi connectivity index (χ4n) is 1.64. The maximum Gasteiger partial charge on any atom is 0.358 e. The molecule has 0 saturated carbocycles. The van der Waals surface area contributed by atoms with Crippen molar-refractivity contribution in [3.8, 4) is 0 Å². The van der Waals surface area contributed by atoms with Crippen LogP contribution in [0.2, 0.25) is 0 Å². The molecule has 2 rings (SSSR count). The van der Waals surface area contributed by atoms with Crippen molar-refractivity contribution in [2.24, 2.45) is 0 Å². The summed E-state index contributed by atoms with van der Waals surface area (Å²) in [5, 5.41) is 17.7. The van der Waals surface area contributed by atoms with Crippen molar-refractivity contribution in [1.82, 2.24) is 20.3 Å². The quantitative estimate of drug-likeness (QED) is 0.791. The number of rotatable bonds is 5. The Morgan fingerprint density at radius 3 is 2.48 bits per heavy atom. The number of amides is 2. The number of nitrogens with zero attached hydrogens (tertiary/aromatic N) is 3. The van der Waals surface area contributed by atoms with Crippen molar-refractivity contribution >= 4 is 17.8 Å². The molecule has 0 unspecified atom stereocenters. The van der Waals surface area contributed by atoms with Gasteiger partial charge in [0, 0.05) is 0 Å². The van der Waals surface area contributed by atoms with Crippen LogP contribution < -0.4 is 5.32 Å². The van der Waals surface area contributed by atoms with E-state index >= 15 is 0 Å². The Balaban J connectivity index is 1.86. The average molecular weight is 288 g/mol. The molecule has 0 bridgehead atoms. The predicted molar refractivity (Wildman–Crippen MR) is 70.3 cm³/mol. The van der Waals surface area contributed by atoms with E-state index in [9.17, 15) is 14.4 Å². The summed E-state index contributed by atoms with van der Waals surface area (Å²) in [5.74, 6) is -2.26. The van der Waals surface area contributed by atoms with Gasteiger partial charge in [0.25, 0.3) is 0 Å². The molecule has 0 fully saturated rings. The lowest BCUT2D eigenvalue weighted by molar-refractivity contribution is -0.130. The van der Waals surface area contributed by atoms with E-state index in [0.29, 0.717) is 0 Å². The molecule has 0 saturated heterocycles. The van der Waals surface area contributed by atoms with E-state index < -0.39 is 17.8 Å². The van der Waals surface area contributed by atoms with E-state index in [1.165, 1.54) is 0 Å². The van der Waals surface area contributed by atoms with Gasteiger partial charge in [0.15, 0.2) is 5.69 Å². The van der Waals surface area contributed by atoms with Crippen molar-refractivity contribution in [3.63, 3.8) is 0 Å². The molecule has 0 aliphatic carbocycles. The van der Waals surface area contributed by atoms with Crippen molar-refractivity contribution in [3.05, 3.63) is 47.8 Å². The molecule has 0 aliphatic heterocycles. The fourth-order valence-corrected chi connectivity index (χ4v) is 1.64. The number of aromatic carboxylic acids is 1. The normalized spacial score (nSPS) is 10.1. The van der Waals surface area contributed by atoms with Crippen LogP contribution in [0.15, 0.2) is 36.5 Å². The minimum Gasteiger partial charge on any atom is -0.476 e. The zero-order valence-corrected chi connectivity index (χ0v) is 10.9. The average Bonchev–Trinajstić information content (AvgIpc) is 2.88. The number of carboxylic acids is 1. The lowest BCUT2D eigenvalue weighted by Crippen LogP contribution is -2.34. The van der Waals surface area contributed by atoms with Crippen LogP contribution in [-0.2, 0) is 22.6 Å². The number of imide groups is 1. The number of carbonyl (C=O) groups is 3. The van der Waals surface area contributed by atoms with E-state index in [4.69, 9.17) is 5.11 Å². The highest BCUT2D eigenvalue weighted by Gasteiger charge is 2.12. The summed E-state index contributed by atoms with van der Waals surface area (Å²) < 4.78 is 1.05. The summed E-state index contributed by atoms with van der Waals surface area (Å²) in [6, 6.07) is 8.99. The first kappa shape index (κ1) is 14.4. The van der Waals surface area contributed by atoms with Crippen LogP contribution in [0.25, 0.3) is 0 Å². The Labute approximate surface area is 119 Å². The van der Waals surface area contributed by atoms with Crippen molar-refractivity contribution < 1.29 is 19.5 Å². The van der Waals surface area contributed by atoms with Gasteiger partial charge >= 0.3 is 5.97 Å². The van der Waals surface area contributed by atoms with Crippen LogP contribution in [0.5, 0.6) is 0 Å². The summed E-state index contributed by atoms with van der Waals surface area (Å²) >= 11 is 0. The number of carbonyl (C=O) groups excluding carboxylic acids is 2. The largest absolute Gasteiger partial charge is 0.476 e. The van der Waals surface area contributed by atoms with E-state index in [2.05, 4.69) is 15.6 Å². The monoisotopic (exact) mass is 288 g/mol. The van der Waals surface area contributed by atoms with Gasteiger partial charge in [0.2, 0.25) is 11.8 Å². The third-order valence-corrected chi connectivity index (χ3v) is 2.55. The lowest BCUT2D eigenvalue weighted by atomic mass is 10.1. The van der Waals surface area contributed by atoms with Crippen molar-refractivity contribution in [2.75, 3.05) is 0 Å². The molecule has 1 aromatic heterocycles. The molecular weight excluding hydrogens is 276 g/mol. The second-order valence-corrected chi connectivity index (χ2v) is 4.24. The fraction of sp³-hybridized carbons (Fsp3) is 0.154. The zero-order valence-electron chi connectivity index (χ0n) is 10.9. The Bertz CT molecular complexity index is 666. The van der Waals surface area contributed by atoms with Gasteiger partial charge in [-0.25, -0.2) is 9.48 Å². The maximum absolute atomic E-state index is 11.7. The van der Waals surface area contributed by atoms with Gasteiger partial charge in [-0.3, -0.25) is 14.9 Å². The van der Waals surface area contributed by atoms with Crippen LogP contribution in [0.1, 0.15) is 16.1 Å². The predicted octanol–water partition coefficient (Wildman–Crippen LogP) is -0.138. The Morgan fingerprint density at radius 2 is 1.86 bits per heavy atom. The first-order valence-corrected chi connectivity index (χ1v) is 6.04. The number of carboxylic acid groups (broad SMARTS) is 1. The van der Waals surface area contributed by atoms with E-state index in [-0.39, 0.29) is 18.7 Å². The first-order valence-electron chi connectivity index (χ1n) is 6.04. The molecule has 0 aliphatic rings. The van der Waals surface area contributed by atoms with Crippen molar-refractivity contribution in [1.29, 1.82) is 0 Å². The summed E-state index contributed by atoms with van der Waals surface area (Å²) in [4.78, 5) is 33.9. The summed E-state index contributed by atoms with van der Waals surface area (Å²) in [7, 11) is 0. The molecule has 0 radical (unpaired) electrons. The van der Waals surface area contributed by atoms with Gasteiger partial charge in [-0.15, -0.1) is 5.10 Å². The third kappa shape index (κ3) is 4.23. The van der Waals surface area contributed by atoms with Crippen LogP contribution >= 0.6 is 0 Å². The van der Waals surface area contributed by atoms with Crippen LogP contribution in [0.3, 0.4) is 0 Å². The number of nitrogens with one attached hydrogen (secondary N) is 1. The number of aromatic nitrogens is 3. The number of benzene rings is 1. The van der Waals surface area contributed by atoms with E-state index in [1.807, 2.05) is 6.07 Å². The van der Waals surface area contributed by atoms with Gasteiger partial charge in [0.05, 0.1) is 12.6 Å². The van der Waals surface area contributed by atoms with Gasteiger partial charge in [0.1, 0.15) is 6.54 Å². The molecule has 1 heterocycles. The molecule has 1 aromatic carbocycles. The lowest BCUT2D eigenvalue weighted by Gasteiger charge is -2.04. The van der Waals surface area contributed by atoms with E-state index in [1.54, 1.807) is 24.3 Å². The molecule has 8 heteroatoms. The molecular formula is C13H12N4O4. The molecule has 108 valence electrons. The molecule has 8 nitrogen and oxygen atoms in total. The second kappa shape index (κ2) is 6.42. The zero-order chi connectivity index (χ0) is 15.2. The Hall–Kier alpha value is -3.03. The van der Waals surface area contributed by atoms with Crippen LogP contribution in [0, 0.1) is 0 Å². The smallest absolute Gasteiger partial charge is 0.358 e. The van der Waals surface area contributed by atoms with Gasteiger partial charge in [-0.2, -0.15) is 0 Å². The molecule has 0 spiro atoms. The van der Waals surface area contributed by atoms with Gasteiger partial charge in [-0.05, 0) is 5.56 Å². The van der Waals surface area contributed by atoms with Gasteiger partial charge in [-0.1, -0.05) is 35.5 Å². The molecule has 21 heavy (non-hydrogen) atoms. The molecule has 0 atom stereocenters. The molecule has 2 amide bonds.